The Kier molecular flexibility index (Phi) is 3.51. The van der Waals surface area contributed by atoms with Crippen molar-refractivity contribution in [2.45, 2.75) is 32.5 Å². The number of rotatable bonds is 2. The zero-order chi connectivity index (χ0) is 15.9. The van der Waals surface area contributed by atoms with Crippen LogP contribution >= 0.6 is 0 Å². The van der Waals surface area contributed by atoms with Crippen LogP contribution in [0.5, 0.6) is 0 Å². The maximum Gasteiger partial charge on any atom is 0.356 e. The summed E-state index contributed by atoms with van der Waals surface area (Å²) in [6, 6.07) is 7.32. The highest BCUT2D eigenvalue weighted by atomic mass is 19.1. The third kappa shape index (κ3) is 2.21. The zero-order valence-electron chi connectivity index (χ0n) is 12.9. The van der Waals surface area contributed by atoms with E-state index in [0.29, 0.717) is 17.7 Å². The van der Waals surface area contributed by atoms with Crippen molar-refractivity contribution in [2.75, 3.05) is 7.11 Å². The molecule has 1 heterocycles. The van der Waals surface area contributed by atoms with Gasteiger partial charge in [-0.25, -0.2) is 14.2 Å². The molecule has 0 spiro atoms. The largest absolute Gasteiger partial charge is 0.464 e. The van der Waals surface area contributed by atoms with E-state index in [4.69, 9.17) is 4.74 Å². The average molecular weight is 302 g/mol. The molecule has 116 valence electrons. The van der Waals surface area contributed by atoms with Crippen LogP contribution in [0.2, 0.25) is 0 Å². The van der Waals surface area contributed by atoms with Crippen LogP contribution in [-0.2, 0) is 4.74 Å². The highest BCUT2D eigenvalue weighted by Crippen LogP contribution is 2.51. The van der Waals surface area contributed by atoms with Gasteiger partial charge in [0.05, 0.1) is 25.7 Å². The standard InChI is InChI=1S/C17H19FN2O2/c1-17(2)8-13(18)11-6-4-5-7-12(11)15(17)20-10-19-9-14(20)16(21)22-3/h4-7,9-10,13,15H,8H2,1-3H3/t13-,15-/m1/s1. The predicted molar refractivity (Wildman–Crippen MR) is 80.4 cm³/mol. The van der Waals surface area contributed by atoms with E-state index in [-0.39, 0.29) is 11.5 Å². The first-order valence-corrected chi connectivity index (χ1v) is 7.28. The molecule has 0 radical (unpaired) electrons. The van der Waals surface area contributed by atoms with Crippen molar-refractivity contribution in [1.29, 1.82) is 0 Å². The van der Waals surface area contributed by atoms with Crippen molar-refractivity contribution in [3.05, 3.63) is 53.6 Å². The summed E-state index contributed by atoms with van der Waals surface area (Å²) in [5, 5.41) is 0. The molecule has 5 heteroatoms. The Morgan fingerprint density at radius 2 is 2.05 bits per heavy atom. The average Bonchev–Trinajstić information content (AvgIpc) is 2.94. The molecule has 22 heavy (non-hydrogen) atoms. The highest BCUT2D eigenvalue weighted by molar-refractivity contribution is 5.87. The van der Waals surface area contributed by atoms with Crippen molar-refractivity contribution < 1.29 is 13.9 Å². The number of hydrogen-bond acceptors (Lipinski definition) is 3. The first kappa shape index (κ1) is 14.8. The number of aromatic nitrogens is 2. The van der Waals surface area contributed by atoms with Crippen LogP contribution < -0.4 is 0 Å². The van der Waals surface area contributed by atoms with Gasteiger partial charge in [0.25, 0.3) is 0 Å². The molecule has 1 aromatic carbocycles. The number of halogens is 1. The number of carbonyl (C=O) groups excluding carboxylic acids is 1. The topological polar surface area (TPSA) is 44.1 Å². The van der Waals surface area contributed by atoms with Gasteiger partial charge >= 0.3 is 5.97 Å². The van der Waals surface area contributed by atoms with Gasteiger partial charge in [0.1, 0.15) is 11.9 Å². The molecule has 0 unspecified atom stereocenters. The summed E-state index contributed by atoms with van der Waals surface area (Å²) in [6.45, 7) is 4.03. The van der Waals surface area contributed by atoms with E-state index < -0.39 is 12.1 Å². The predicted octanol–water partition coefficient (Wildman–Crippen LogP) is 3.70. The van der Waals surface area contributed by atoms with Crippen LogP contribution in [0.15, 0.2) is 36.8 Å². The molecule has 1 aliphatic rings. The molecule has 0 aliphatic heterocycles. The Morgan fingerprint density at radius 3 is 2.73 bits per heavy atom. The SMILES string of the molecule is COC(=O)c1cncn1[C@@H]1c2ccccc2[C@H](F)CC1(C)C. The van der Waals surface area contributed by atoms with E-state index in [1.165, 1.54) is 13.3 Å². The fraction of sp³-hybridized carbons (Fsp3) is 0.412. The summed E-state index contributed by atoms with van der Waals surface area (Å²) in [5.41, 5.74) is 1.62. The lowest BCUT2D eigenvalue weighted by Gasteiger charge is -2.42. The van der Waals surface area contributed by atoms with Gasteiger partial charge in [0.15, 0.2) is 0 Å². The second-order valence-corrected chi connectivity index (χ2v) is 6.37. The number of carbonyl (C=O) groups is 1. The van der Waals surface area contributed by atoms with Gasteiger partial charge in [-0.3, -0.25) is 0 Å². The number of methoxy groups -OCH3 is 1. The molecule has 3 rings (SSSR count). The third-order valence-electron chi connectivity index (χ3n) is 4.41. The molecule has 2 atom stereocenters. The minimum absolute atomic E-state index is 0.160. The summed E-state index contributed by atoms with van der Waals surface area (Å²) in [7, 11) is 1.34. The first-order chi connectivity index (χ1) is 10.5. The van der Waals surface area contributed by atoms with Gasteiger partial charge in [0.2, 0.25) is 0 Å². The Bertz CT molecular complexity index is 708. The number of imidazole rings is 1. The smallest absolute Gasteiger partial charge is 0.356 e. The summed E-state index contributed by atoms with van der Waals surface area (Å²) < 4.78 is 21.1. The Hall–Kier alpha value is -2.17. The Morgan fingerprint density at radius 1 is 1.36 bits per heavy atom. The molecule has 0 N–H and O–H groups in total. The molecule has 0 bridgehead atoms. The van der Waals surface area contributed by atoms with Crippen LogP contribution in [0.1, 0.15) is 54.1 Å². The second kappa shape index (κ2) is 5.23. The molecule has 4 nitrogen and oxygen atoms in total. The highest BCUT2D eigenvalue weighted by Gasteiger charge is 2.42. The lowest BCUT2D eigenvalue weighted by Crippen LogP contribution is -2.35. The summed E-state index contributed by atoms with van der Waals surface area (Å²) in [6.07, 6.45) is 2.51. The normalized spacial score (nSPS) is 22.9. The lowest BCUT2D eigenvalue weighted by atomic mass is 9.69. The fourth-order valence-corrected chi connectivity index (χ4v) is 3.45. The van der Waals surface area contributed by atoms with E-state index in [0.717, 1.165) is 5.56 Å². The molecular weight excluding hydrogens is 283 g/mol. The van der Waals surface area contributed by atoms with Gasteiger partial charge in [0, 0.05) is 0 Å². The van der Waals surface area contributed by atoms with Gasteiger partial charge < -0.3 is 9.30 Å². The van der Waals surface area contributed by atoms with Crippen LogP contribution in [0, 0.1) is 5.41 Å². The molecule has 0 saturated carbocycles. The Balaban J connectivity index is 2.19. The first-order valence-electron chi connectivity index (χ1n) is 7.28. The lowest BCUT2D eigenvalue weighted by molar-refractivity contribution is 0.0577. The number of ether oxygens (including phenoxy) is 1. The molecule has 0 saturated heterocycles. The number of alkyl halides is 1. The zero-order valence-corrected chi connectivity index (χ0v) is 12.9. The minimum Gasteiger partial charge on any atom is -0.464 e. The number of hydrogen-bond donors (Lipinski definition) is 0. The molecule has 1 aromatic heterocycles. The summed E-state index contributed by atoms with van der Waals surface area (Å²) >= 11 is 0. The molecule has 1 aliphatic carbocycles. The van der Waals surface area contributed by atoms with Crippen LogP contribution in [0.4, 0.5) is 4.39 Å². The maximum absolute atomic E-state index is 14.5. The van der Waals surface area contributed by atoms with E-state index >= 15 is 0 Å². The van der Waals surface area contributed by atoms with Crippen LogP contribution in [-0.4, -0.2) is 22.6 Å². The molecule has 2 aromatic rings. The minimum atomic E-state index is -0.993. The number of nitrogens with zero attached hydrogens (tertiary/aromatic N) is 2. The van der Waals surface area contributed by atoms with Gasteiger partial charge in [-0.05, 0) is 23.0 Å². The second-order valence-electron chi connectivity index (χ2n) is 6.37. The van der Waals surface area contributed by atoms with Gasteiger partial charge in [-0.1, -0.05) is 38.1 Å². The van der Waals surface area contributed by atoms with Crippen molar-refractivity contribution in [1.82, 2.24) is 9.55 Å². The van der Waals surface area contributed by atoms with Crippen molar-refractivity contribution in [3.8, 4) is 0 Å². The summed E-state index contributed by atoms with van der Waals surface area (Å²) in [4.78, 5) is 16.1. The fourth-order valence-electron chi connectivity index (χ4n) is 3.45. The van der Waals surface area contributed by atoms with Crippen molar-refractivity contribution >= 4 is 5.97 Å². The Labute approximate surface area is 128 Å². The van der Waals surface area contributed by atoms with E-state index in [1.54, 1.807) is 10.9 Å². The van der Waals surface area contributed by atoms with E-state index in [1.807, 2.05) is 38.1 Å². The monoisotopic (exact) mass is 302 g/mol. The van der Waals surface area contributed by atoms with Crippen LogP contribution in [0.25, 0.3) is 0 Å². The summed E-state index contributed by atoms with van der Waals surface area (Å²) in [5.74, 6) is -0.437. The maximum atomic E-state index is 14.5. The van der Waals surface area contributed by atoms with E-state index in [9.17, 15) is 9.18 Å². The van der Waals surface area contributed by atoms with Gasteiger partial charge in [-0.15, -0.1) is 0 Å². The molecule has 0 fully saturated rings. The van der Waals surface area contributed by atoms with Crippen molar-refractivity contribution in [2.24, 2.45) is 5.41 Å². The van der Waals surface area contributed by atoms with Crippen LogP contribution in [0.3, 0.4) is 0 Å². The number of benzene rings is 1. The molecular formula is C17H19FN2O2. The van der Waals surface area contributed by atoms with E-state index in [2.05, 4.69) is 4.98 Å². The number of esters is 1. The third-order valence-corrected chi connectivity index (χ3v) is 4.41. The van der Waals surface area contributed by atoms with Gasteiger partial charge in [-0.2, -0.15) is 0 Å². The quantitative estimate of drug-likeness (QED) is 0.795. The molecule has 0 amide bonds. The number of fused-ring (bicyclic) bond motifs is 1. The van der Waals surface area contributed by atoms with Crippen molar-refractivity contribution in [3.63, 3.8) is 0 Å².